The normalized spacial score (nSPS) is 12.5. The third-order valence-electron chi connectivity index (χ3n) is 12.6. The molecule has 10 aromatic carbocycles. The van der Waals surface area contributed by atoms with Gasteiger partial charge in [0.15, 0.2) is 0 Å². The fraction of sp³-hybridized carbons (Fsp3) is 0. The van der Waals surface area contributed by atoms with E-state index < -0.39 is 0 Å². The maximum Gasteiger partial charge on any atom is 0.0563 e. The molecule has 0 aliphatic heterocycles. The second-order valence-corrected chi connectivity index (χ2v) is 15.6. The average Bonchev–Trinajstić information content (AvgIpc) is 3.87. The van der Waals surface area contributed by atoms with Crippen LogP contribution in [0.15, 0.2) is 176 Å². The zero-order chi connectivity index (χ0) is 35.9. The van der Waals surface area contributed by atoms with Crippen molar-refractivity contribution in [2.24, 2.45) is 0 Å². The van der Waals surface area contributed by atoms with Gasteiger partial charge in [0.2, 0.25) is 0 Å². The summed E-state index contributed by atoms with van der Waals surface area (Å²) < 4.78 is 0. The molecule has 0 fully saturated rings. The Kier molecular flexibility index (Phi) is 5.77. The van der Waals surface area contributed by atoms with E-state index in [0.717, 1.165) is 32.8 Å². The highest BCUT2D eigenvalue weighted by Crippen LogP contribution is 2.55. The molecule has 0 saturated heterocycles. The van der Waals surface area contributed by atoms with Gasteiger partial charge in [-0.15, -0.1) is 0 Å². The standard InChI is InChI=1S/C54H29Cl/c55-54-49(38-23-26-47-36-14-5-2-11-33(36)42-18-8-20-44(38)52(42)47)28-30(31-22-25-46-35-13-4-1-10-32(35)41-17-7-16-40(31)51(41)46)29-50(54)39-24-27-48-37-15-6-3-12-34(37)43-19-9-21-45(39)53(43)48/h1-29H. The number of fused-ring (bicyclic) bond motifs is 9. The van der Waals surface area contributed by atoms with E-state index in [0.29, 0.717) is 0 Å². The SMILES string of the molecule is Clc1c(-c2ccc3c4c(cccc24)-c2ccccc2-3)cc(-c2ccc3c4c(cccc24)-c2ccccc2-3)cc1-c1ccc2c3c(cccc13)-c1ccccc1-2. The Morgan fingerprint density at radius 1 is 0.218 bits per heavy atom. The molecule has 13 rings (SSSR count). The van der Waals surface area contributed by atoms with Gasteiger partial charge in [-0.25, -0.2) is 0 Å². The summed E-state index contributed by atoms with van der Waals surface area (Å²) in [6.45, 7) is 0. The lowest BCUT2D eigenvalue weighted by Crippen LogP contribution is -1.92. The van der Waals surface area contributed by atoms with E-state index in [4.69, 9.17) is 11.6 Å². The van der Waals surface area contributed by atoms with E-state index in [-0.39, 0.29) is 0 Å². The lowest BCUT2D eigenvalue weighted by molar-refractivity contribution is 1.61. The summed E-state index contributed by atoms with van der Waals surface area (Å²) in [7, 11) is 0. The van der Waals surface area contributed by atoms with Gasteiger partial charge < -0.3 is 0 Å². The molecule has 0 unspecified atom stereocenters. The molecule has 3 aliphatic rings. The van der Waals surface area contributed by atoms with Gasteiger partial charge in [-0.1, -0.05) is 175 Å². The highest BCUT2D eigenvalue weighted by Gasteiger charge is 2.28. The summed E-state index contributed by atoms with van der Waals surface area (Å²) in [5.41, 5.74) is 22.3. The molecule has 0 radical (unpaired) electrons. The maximum atomic E-state index is 7.85. The fourth-order valence-corrected chi connectivity index (χ4v) is 10.6. The fourth-order valence-electron chi connectivity index (χ4n) is 10.3. The van der Waals surface area contributed by atoms with Crippen LogP contribution in [-0.2, 0) is 0 Å². The molecule has 1 heteroatoms. The van der Waals surface area contributed by atoms with Crippen molar-refractivity contribution in [1.29, 1.82) is 0 Å². The van der Waals surface area contributed by atoms with Crippen LogP contribution in [0.25, 0.3) is 132 Å². The van der Waals surface area contributed by atoms with Crippen molar-refractivity contribution in [3.05, 3.63) is 181 Å². The molecule has 0 aromatic heterocycles. The van der Waals surface area contributed by atoms with E-state index in [1.807, 2.05) is 0 Å². The largest absolute Gasteiger partial charge is 0.0830 e. The molecular formula is C54H29Cl. The number of hydrogen-bond acceptors (Lipinski definition) is 0. The topological polar surface area (TPSA) is 0 Å². The first-order chi connectivity index (χ1) is 27.2. The van der Waals surface area contributed by atoms with Gasteiger partial charge in [-0.3, -0.25) is 0 Å². The number of rotatable bonds is 3. The predicted molar refractivity (Wildman–Crippen MR) is 234 cm³/mol. The number of hydrogen-bond donors (Lipinski definition) is 0. The van der Waals surface area contributed by atoms with E-state index in [1.54, 1.807) is 0 Å². The van der Waals surface area contributed by atoms with Crippen molar-refractivity contribution in [2.75, 3.05) is 0 Å². The molecule has 55 heavy (non-hydrogen) atoms. The summed E-state index contributed by atoms with van der Waals surface area (Å²) in [5, 5.41) is 8.41. The second-order valence-electron chi connectivity index (χ2n) is 15.2. The molecule has 0 amide bonds. The van der Waals surface area contributed by atoms with Crippen LogP contribution in [0.3, 0.4) is 0 Å². The van der Waals surface area contributed by atoms with Gasteiger partial charge in [-0.2, -0.15) is 0 Å². The Hall–Kier alpha value is -6.73. The Morgan fingerprint density at radius 3 is 0.855 bits per heavy atom. The third kappa shape index (κ3) is 3.82. The summed E-state index contributed by atoms with van der Waals surface area (Å²) in [6, 6.07) is 65.2. The highest BCUT2D eigenvalue weighted by atomic mass is 35.5. The monoisotopic (exact) mass is 712 g/mol. The predicted octanol–water partition coefficient (Wildman–Crippen LogP) is 15.7. The van der Waals surface area contributed by atoms with Crippen molar-refractivity contribution in [1.82, 2.24) is 0 Å². The van der Waals surface area contributed by atoms with Crippen LogP contribution >= 0.6 is 11.6 Å². The summed E-state index contributed by atoms with van der Waals surface area (Å²) in [5.74, 6) is 0. The maximum absolute atomic E-state index is 7.85. The van der Waals surface area contributed by atoms with Gasteiger partial charge in [-0.05, 0) is 133 Å². The Bertz CT molecular complexity index is 3140. The Balaban J connectivity index is 1.12. The van der Waals surface area contributed by atoms with Crippen molar-refractivity contribution >= 4 is 43.9 Å². The molecule has 252 valence electrons. The van der Waals surface area contributed by atoms with Crippen molar-refractivity contribution in [3.8, 4) is 100 Å². The van der Waals surface area contributed by atoms with E-state index in [9.17, 15) is 0 Å². The van der Waals surface area contributed by atoms with E-state index in [2.05, 4.69) is 176 Å². The van der Waals surface area contributed by atoms with Crippen LogP contribution in [0.4, 0.5) is 0 Å². The van der Waals surface area contributed by atoms with Crippen molar-refractivity contribution in [3.63, 3.8) is 0 Å². The van der Waals surface area contributed by atoms with Crippen LogP contribution in [-0.4, -0.2) is 0 Å². The molecule has 0 atom stereocenters. The molecule has 3 aliphatic carbocycles. The lowest BCUT2D eigenvalue weighted by atomic mass is 9.86. The van der Waals surface area contributed by atoms with Crippen LogP contribution in [0.5, 0.6) is 0 Å². The molecule has 0 N–H and O–H groups in total. The molecule has 0 nitrogen and oxygen atoms in total. The van der Waals surface area contributed by atoms with Crippen molar-refractivity contribution < 1.29 is 0 Å². The Morgan fingerprint density at radius 2 is 0.491 bits per heavy atom. The molecule has 0 spiro atoms. The molecular weight excluding hydrogens is 684 g/mol. The lowest BCUT2D eigenvalue weighted by Gasteiger charge is -2.19. The average molecular weight is 713 g/mol. The second kappa shape index (κ2) is 10.7. The summed E-state index contributed by atoms with van der Waals surface area (Å²) in [4.78, 5) is 0. The van der Waals surface area contributed by atoms with Gasteiger partial charge in [0.05, 0.1) is 5.02 Å². The van der Waals surface area contributed by atoms with E-state index in [1.165, 1.54) is 105 Å². The van der Waals surface area contributed by atoms with Gasteiger partial charge >= 0.3 is 0 Å². The smallest absolute Gasteiger partial charge is 0.0563 e. The number of benzene rings is 10. The molecule has 10 aromatic rings. The minimum Gasteiger partial charge on any atom is -0.0830 e. The minimum atomic E-state index is 0.773. The van der Waals surface area contributed by atoms with Gasteiger partial charge in [0, 0.05) is 11.1 Å². The van der Waals surface area contributed by atoms with Gasteiger partial charge in [0.1, 0.15) is 0 Å². The zero-order valence-corrected chi connectivity index (χ0v) is 30.4. The molecule has 0 heterocycles. The van der Waals surface area contributed by atoms with Crippen LogP contribution in [0.1, 0.15) is 0 Å². The van der Waals surface area contributed by atoms with Crippen LogP contribution < -0.4 is 0 Å². The Labute approximate surface area is 323 Å². The number of halogens is 1. The quantitative estimate of drug-likeness (QED) is 0.171. The van der Waals surface area contributed by atoms with Gasteiger partial charge in [0.25, 0.3) is 0 Å². The van der Waals surface area contributed by atoms with Crippen LogP contribution in [0, 0.1) is 0 Å². The van der Waals surface area contributed by atoms with E-state index >= 15 is 0 Å². The first-order valence-corrected chi connectivity index (χ1v) is 19.4. The first-order valence-electron chi connectivity index (χ1n) is 19.0. The van der Waals surface area contributed by atoms with Crippen molar-refractivity contribution in [2.45, 2.75) is 0 Å². The highest BCUT2D eigenvalue weighted by molar-refractivity contribution is 6.38. The zero-order valence-electron chi connectivity index (χ0n) is 29.6. The third-order valence-corrected chi connectivity index (χ3v) is 13.0. The molecule has 0 bridgehead atoms. The summed E-state index contributed by atoms with van der Waals surface area (Å²) >= 11 is 7.85. The van der Waals surface area contributed by atoms with Crippen LogP contribution in [0.2, 0.25) is 5.02 Å². The first kappa shape index (κ1) is 29.7. The minimum absolute atomic E-state index is 0.773. The summed E-state index contributed by atoms with van der Waals surface area (Å²) in [6.07, 6.45) is 0. The molecule has 0 saturated carbocycles.